The Labute approximate surface area is 115 Å². The van der Waals surface area contributed by atoms with Crippen LogP contribution in [0.5, 0.6) is 0 Å². The number of carbonyl (C=O) groups is 1. The molecule has 8 nitrogen and oxygen atoms in total. The predicted octanol–water partition coefficient (Wildman–Crippen LogP) is 0.505. The maximum Gasteiger partial charge on any atom is 0.317 e. The SMILES string of the molecule is Cc1cnc(N2CCN(CC(=O)O)CC2)c([N+](=O)[O-])c1. The topological polar surface area (TPSA) is 99.8 Å². The van der Waals surface area contributed by atoms with Crippen LogP contribution in [0, 0.1) is 17.0 Å². The molecule has 0 radical (unpaired) electrons. The van der Waals surface area contributed by atoms with Gasteiger partial charge in [-0.3, -0.25) is 19.8 Å². The maximum absolute atomic E-state index is 11.1. The lowest BCUT2D eigenvalue weighted by atomic mass is 10.2. The number of rotatable bonds is 4. The summed E-state index contributed by atoms with van der Waals surface area (Å²) in [7, 11) is 0. The van der Waals surface area contributed by atoms with Crippen LogP contribution in [0.3, 0.4) is 0 Å². The number of nitro groups is 1. The Morgan fingerprint density at radius 2 is 2.10 bits per heavy atom. The van der Waals surface area contributed by atoms with Gasteiger partial charge in [0.2, 0.25) is 5.82 Å². The molecule has 1 N–H and O–H groups in total. The highest BCUT2D eigenvalue weighted by Crippen LogP contribution is 2.27. The van der Waals surface area contributed by atoms with Gasteiger partial charge >= 0.3 is 11.7 Å². The minimum atomic E-state index is -0.863. The first kappa shape index (κ1) is 14.2. The van der Waals surface area contributed by atoms with Crippen LogP contribution in [0.15, 0.2) is 12.3 Å². The largest absolute Gasteiger partial charge is 0.480 e. The molecule has 1 aromatic rings. The van der Waals surface area contributed by atoms with Crippen molar-refractivity contribution >= 4 is 17.5 Å². The third-order valence-electron chi connectivity index (χ3n) is 3.21. The van der Waals surface area contributed by atoms with Crippen molar-refractivity contribution in [1.82, 2.24) is 9.88 Å². The Balaban J connectivity index is 2.11. The van der Waals surface area contributed by atoms with Crippen LogP contribution >= 0.6 is 0 Å². The summed E-state index contributed by atoms with van der Waals surface area (Å²) in [4.78, 5) is 29.1. The summed E-state index contributed by atoms with van der Waals surface area (Å²) in [5, 5.41) is 19.8. The Hall–Kier alpha value is -2.22. The molecule has 0 aromatic carbocycles. The number of pyridine rings is 1. The molecule has 2 rings (SSSR count). The minimum Gasteiger partial charge on any atom is -0.480 e. The lowest BCUT2D eigenvalue weighted by Crippen LogP contribution is -2.48. The van der Waals surface area contributed by atoms with Crippen molar-refractivity contribution in [1.29, 1.82) is 0 Å². The molecule has 1 aliphatic rings. The number of nitrogens with zero attached hydrogens (tertiary/aromatic N) is 4. The molecule has 0 bridgehead atoms. The molecule has 0 spiro atoms. The summed E-state index contributed by atoms with van der Waals surface area (Å²) in [6.07, 6.45) is 1.60. The number of piperazine rings is 1. The molecule has 0 amide bonds. The van der Waals surface area contributed by atoms with E-state index in [9.17, 15) is 14.9 Å². The second-order valence-corrected chi connectivity index (χ2v) is 4.77. The van der Waals surface area contributed by atoms with E-state index in [4.69, 9.17) is 5.11 Å². The Bertz CT molecular complexity index is 526. The summed E-state index contributed by atoms with van der Waals surface area (Å²) >= 11 is 0. The summed E-state index contributed by atoms with van der Waals surface area (Å²) in [5.74, 6) is -0.506. The average molecular weight is 280 g/mol. The van der Waals surface area contributed by atoms with E-state index in [1.807, 2.05) is 4.90 Å². The highest BCUT2D eigenvalue weighted by atomic mass is 16.6. The molecule has 1 aromatic heterocycles. The zero-order valence-corrected chi connectivity index (χ0v) is 11.2. The molecule has 1 fully saturated rings. The molecule has 20 heavy (non-hydrogen) atoms. The maximum atomic E-state index is 11.1. The van der Waals surface area contributed by atoms with Crippen molar-refractivity contribution in [3.8, 4) is 0 Å². The third-order valence-corrected chi connectivity index (χ3v) is 3.21. The molecule has 0 atom stereocenters. The lowest BCUT2D eigenvalue weighted by molar-refractivity contribution is -0.384. The highest BCUT2D eigenvalue weighted by Gasteiger charge is 2.25. The number of carboxylic acid groups (broad SMARTS) is 1. The molecule has 2 heterocycles. The quantitative estimate of drug-likeness (QED) is 0.633. The Kier molecular flexibility index (Phi) is 4.14. The number of carboxylic acids is 1. The Morgan fingerprint density at radius 3 is 2.65 bits per heavy atom. The molecule has 1 aliphatic heterocycles. The smallest absolute Gasteiger partial charge is 0.317 e. The van der Waals surface area contributed by atoms with Crippen LogP contribution in [-0.2, 0) is 4.79 Å². The number of hydrogen-bond donors (Lipinski definition) is 1. The van der Waals surface area contributed by atoms with E-state index in [2.05, 4.69) is 4.98 Å². The normalized spacial score (nSPS) is 16.1. The molecule has 1 saturated heterocycles. The summed E-state index contributed by atoms with van der Waals surface area (Å²) < 4.78 is 0. The fourth-order valence-corrected chi connectivity index (χ4v) is 2.23. The van der Waals surface area contributed by atoms with E-state index in [0.29, 0.717) is 32.0 Å². The molecule has 108 valence electrons. The summed E-state index contributed by atoms with van der Waals surface area (Å²) in [5.41, 5.74) is 0.738. The molecule has 0 unspecified atom stereocenters. The van der Waals surface area contributed by atoms with Crippen molar-refractivity contribution < 1.29 is 14.8 Å². The van der Waals surface area contributed by atoms with Gasteiger partial charge in [0.15, 0.2) is 0 Å². The van der Waals surface area contributed by atoms with Gasteiger partial charge in [0.25, 0.3) is 0 Å². The van der Waals surface area contributed by atoms with E-state index in [0.717, 1.165) is 5.56 Å². The molecule has 8 heteroatoms. The molecular formula is C12H16N4O4. The van der Waals surface area contributed by atoms with Crippen LogP contribution in [0.1, 0.15) is 5.56 Å². The minimum absolute atomic E-state index is 0.00272. The van der Waals surface area contributed by atoms with Crippen molar-refractivity contribution in [2.24, 2.45) is 0 Å². The highest BCUT2D eigenvalue weighted by molar-refractivity contribution is 5.69. The first-order valence-electron chi connectivity index (χ1n) is 6.27. The van der Waals surface area contributed by atoms with E-state index in [-0.39, 0.29) is 12.2 Å². The monoisotopic (exact) mass is 280 g/mol. The van der Waals surface area contributed by atoms with Gasteiger partial charge in [-0.05, 0) is 12.5 Å². The lowest BCUT2D eigenvalue weighted by Gasteiger charge is -2.34. The summed E-state index contributed by atoms with van der Waals surface area (Å²) in [6, 6.07) is 1.51. The fourth-order valence-electron chi connectivity index (χ4n) is 2.23. The number of aryl methyl sites for hydroxylation is 1. The van der Waals surface area contributed by atoms with Gasteiger partial charge in [0, 0.05) is 38.4 Å². The number of anilines is 1. The zero-order valence-electron chi connectivity index (χ0n) is 11.2. The van der Waals surface area contributed by atoms with Gasteiger partial charge in [0.1, 0.15) is 0 Å². The van der Waals surface area contributed by atoms with Crippen molar-refractivity contribution in [3.63, 3.8) is 0 Å². The van der Waals surface area contributed by atoms with Gasteiger partial charge in [0.05, 0.1) is 11.5 Å². The Morgan fingerprint density at radius 1 is 1.45 bits per heavy atom. The van der Waals surface area contributed by atoms with E-state index in [1.165, 1.54) is 6.07 Å². The third kappa shape index (κ3) is 3.21. The number of aliphatic carboxylic acids is 1. The van der Waals surface area contributed by atoms with Gasteiger partial charge in [-0.15, -0.1) is 0 Å². The van der Waals surface area contributed by atoms with E-state index in [1.54, 1.807) is 18.0 Å². The zero-order chi connectivity index (χ0) is 14.7. The van der Waals surface area contributed by atoms with Crippen LogP contribution in [-0.4, -0.2) is 58.6 Å². The fraction of sp³-hybridized carbons (Fsp3) is 0.500. The predicted molar refractivity (Wildman–Crippen MR) is 71.9 cm³/mol. The number of hydrogen-bond acceptors (Lipinski definition) is 6. The first-order chi connectivity index (χ1) is 9.47. The standard InChI is InChI=1S/C12H16N4O4/c1-9-6-10(16(19)20)12(13-7-9)15-4-2-14(3-5-15)8-11(17)18/h6-7H,2-5,8H2,1H3,(H,17,18). The summed E-state index contributed by atoms with van der Waals surface area (Å²) in [6.45, 7) is 3.93. The second kappa shape index (κ2) is 5.83. The molecular weight excluding hydrogens is 264 g/mol. The van der Waals surface area contributed by atoms with Crippen molar-refractivity contribution in [2.45, 2.75) is 6.92 Å². The van der Waals surface area contributed by atoms with Crippen LogP contribution in [0.25, 0.3) is 0 Å². The van der Waals surface area contributed by atoms with E-state index >= 15 is 0 Å². The van der Waals surface area contributed by atoms with Crippen LogP contribution in [0.2, 0.25) is 0 Å². The molecule has 0 aliphatic carbocycles. The van der Waals surface area contributed by atoms with Crippen LogP contribution < -0.4 is 4.90 Å². The van der Waals surface area contributed by atoms with Gasteiger partial charge in [-0.25, -0.2) is 4.98 Å². The number of aromatic nitrogens is 1. The average Bonchev–Trinajstić information content (AvgIpc) is 2.39. The molecule has 0 saturated carbocycles. The van der Waals surface area contributed by atoms with Gasteiger partial charge < -0.3 is 10.0 Å². The first-order valence-corrected chi connectivity index (χ1v) is 6.27. The second-order valence-electron chi connectivity index (χ2n) is 4.77. The van der Waals surface area contributed by atoms with Crippen LogP contribution in [0.4, 0.5) is 11.5 Å². The van der Waals surface area contributed by atoms with Gasteiger partial charge in [-0.2, -0.15) is 0 Å². The van der Waals surface area contributed by atoms with Crippen molar-refractivity contribution in [3.05, 3.63) is 27.9 Å². The van der Waals surface area contributed by atoms with Crippen molar-refractivity contribution in [2.75, 3.05) is 37.6 Å². The van der Waals surface area contributed by atoms with Gasteiger partial charge in [-0.1, -0.05) is 0 Å². The van der Waals surface area contributed by atoms with E-state index < -0.39 is 10.9 Å².